The summed E-state index contributed by atoms with van der Waals surface area (Å²) in [6.07, 6.45) is 2.36. The summed E-state index contributed by atoms with van der Waals surface area (Å²) in [5.74, 6) is 0.610. The number of piperidine rings is 3. The minimum Gasteiger partial charge on any atom is -0.351 e. The van der Waals surface area contributed by atoms with Gasteiger partial charge in [-0.2, -0.15) is 0 Å². The third-order valence-electron chi connectivity index (χ3n) is 4.98. The molecule has 0 radical (unpaired) electrons. The van der Waals surface area contributed by atoms with Crippen molar-refractivity contribution in [2.45, 2.75) is 18.9 Å². The first-order chi connectivity index (χ1) is 11.6. The van der Waals surface area contributed by atoms with Crippen molar-refractivity contribution in [2.24, 2.45) is 11.7 Å². The van der Waals surface area contributed by atoms with E-state index < -0.39 is 6.03 Å². The number of urea groups is 1. The van der Waals surface area contributed by atoms with Crippen LogP contribution in [0.5, 0.6) is 0 Å². The van der Waals surface area contributed by atoms with Gasteiger partial charge >= 0.3 is 6.03 Å². The summed E-state index contributed by atoms with van der Waals surface area (Å²) in [6, 6.07) is 7.10. The van der Waals surface area contributed by atoms with E-state index in [0.717, 1.165) is 29.7 Å². The number of thiophene rings is 1. The average Bonchev–Trinajstić information content (AvgIpc) is 2.99. The molecular formula is C17H20N4O2S. The molecule has 3 saturated heterocycles. The van der Waals surface area contributed by atoms with Gasteiger partial charge in [-0.3, -0.25) is 4.79 Å². The van der Waals surface area contributed by atoms with Crippen LogP contribution in [0.4, 0.5) is 10.5 Å². The first kappa shape index (κ1) is 15.4. The van der Waals surface area contributed by atoms with Gasteiger partial charge in [0.05, 0.1) is 4.88 Å². The topological polar surface area (TPSA) is 87.5 Å². The lowest BCUT2D eigenvalue weighted by Crippen LogP contribution is -2.57. The number of nitrogens with two attached hydrogens (primary N) is 1. The Morgan fingerprint density at radius 2 is 2.00 bits per heavy atom. The van der Waals surface area contributed by atoms with Crippen LogP contribution in [0.1, 0.15) is 22.5 Å². The fourth-order valence-electron chi connectivity index (χ4n) is 3.73. The molecule has 0 aliphatic carbocycles. The van der Waals surface area contributed by atoms with Crippen molar-refractivity contribution in [1.82, 2.24) is 10.2 Å². The Kier molecular flexibility index (Phi) is 3.90. The summed E-state index contributed by atoms with van der Waals surface area (Å²) < 4.78 is 0.959. The summed E-state index contributed by atoms with van der Waals surface area (Å²) in [7, 11) is 0. The van der Waals surface area contributed by atoms with Crippen LogP contribution in [0.15, 0.2) is 24.3 Å². The average molecular weight is 344 g/mol. The Hall–Kier alpha value is -2.12. The normalized spacial score (nSPS) is 25.6. The molecule has 3 aliphatic rings. The largest absolute Gasteiger partial charge is 0.351 e. The van der Waals surface area contributed by atoms with E-state index in [1.54, 1.807) is 6.07 Å². The van der Waals surface area contributed by atoms with Gasteiger partial charge in [-0.05, 0) is 55.4 Å². The van der Waals surface area contributed by atoms with Crippen LogP contribution >= 0.6 is 11.3 Å². The minimum absolute atomic E-state index is 0.000592. The van der Waals surface area contributed by atoms with Gasteiger partial charge < -0.3 is 21.3 Å². The highest BCUT2D eigenvalue weighted by Crippen LogP contribution is 2.30. The Balaban J connectivity index is 1.50. The fourth-order valence-corrected chi connectivity index (χ4v) is 4.74. The van der Waals surface area contributed by atoms with Crippen LogP contribution < -0.4 is 16.4 Å². The van der Waals surface area contributed by atoms with Crippen molar-refractivity contribution >= 4 is 39.0 Å². The van der Waals surface area contributed by atoms with Crippen molar-refractivity contribution in [3.8, 4) is 0 Å². The Morgan fingerprint density at radius 1 is 1.21 bits per heavy atom. The van der Waals surface area contributed by atoms with E-state index in [4.69, 9.17) is 5.73 Å². The molecule has 2 aromatic rings. The molecule has 7 heteroatoms. The summed E-state index contributed by atoms with van der Waals surface area (Å²) in [5.41, 5.74) is 5.78. The molecule has 3 aliphatic heterocycles. The number of nitrogens with zero attached hydrogens (tertiary/aromatic N) is 1. The molecule has 0 unspecified atom stereocenters. The maximum absolute atomic E-state index is 12.6. The Labute approximate surface area is 144 Å². The second-order valence-corrected chi connectivity index (χ2v) is 7.65. The lowest BCUT2D eigenvalue weighted by Gasteiger charge is -2.44. The molecule has 1 aromatic carbocycles. The van der Waals surface area contributed by atoms with Gasteiger partial charge in [-0.15, -0.1) is 11.3 Å². The second kappa shape index (κ2) is 6.07. The lowest BCUT2D eigenvalue weighted by molar-refractivity contribution is 0.0622. The summed E-state index contributed by atoms with van der Waals surface area (Å²) in [5, 5.41) is 6.77. The molecule has 3 fully saturated rings. The molecule has 126 valence electrons. The van der Waals surface area contributed by atoms with E-state index >= 15 is 0 Å². The van der Waals surface area contributed by atoms with Gasteiger partial charge in [0.2, 0.25) is 0 Å². The number of amides is 3. The second-order valence-electron chi connectivity index (χ2n) is 6.57. The third kappa shape index (κ3) is 2.97. The predicted molar refractivity (Wildman–Crippen MR) is 95.4 cm³/mol. The van der Waals surface area contributed by atoms with Crippen LogP contribution in [0.2, 0.25) is 0 Å². The molecular weight excluding hydrogens is 324 g/mol. The summed E-state index contributed by atoms with van der Waals surface area (Å²) in [6.45, 7) is 3.29. The highest BCUT2D eigenvalue weighted by molar-refractivity contribution is 7.20. The summed E-state index contributed by atoms with van der Waals surface area (Å²) in [4.78, 5) is 26.7. The molecule has 0 spiro atoms. The third-order valence-corrected chi connectivity index (χ3v) is 6.08. The molecule has 4 N–H and O–H groups in total. The van der Waals surface area contributed by atoms with E-state index in [2.05, 4.69) is 15.5 Å². The highest BCUT2D eigenvalue weighted by atomic mass is 32.1. The van der Waals surface area contributed by atoms with E-state index in [-0.39, 0.29) is 11.9 Å². The van der Waals surface area contributed by atoms with Crippen LogP contribution in [-0.4, -0.2) is 42.5 Å². The van der Waals surface area contributed by atoms with E-state index in [1.807, 2.05) is 18.2 Å². The zero-order valence-electron chi connectivity index (χ0n) is 13.2. The van der Waals surface area contributed by atoms with E-state index in [0.29, 0.717) is 16.5 Å². The standard InChI is InChI=1S/C17H20N4O2S/c18-17(23)19-12-2-1-11-7-15(24-14(11)8-12)16(22)20-13-9-21-5-3-10(13)4-6-21/h1-2,7-8,10,13H,3-6,9H2,(H,20,22)(H3,18,19,23)/t13-/m0/s1. The van der Waals surface area contributed by atoms with E-state index in [9.17, 15) is 9.59 Å². The molecule has 3 amide bonds. The van der Waals surface area contributed by atoms with Crippen LogP contribution in [0.25, 0.3) is 10.1 Å². The molecule has 4 heterocycles. The van der Waals surface area contributed by atoms with Gasteiger partial charge in [0, 0.05) is 23.0 Å². The quantitative estimate of drug-likeness (QED) is 0.798. The zero-order valence-corrected chi connectivity index (χ0v) is 14.1. The van der Waals surface area contributed by atoms with Crippen LogP contribution in [0.3, 0.4) is 0 Å². The van der Waals surface area contributed by atoms with Crippen LogP contribution in [-0.2, 0) is 0 Å². The number of nitrogens with one attached hydrogen (secondary N) is 2. The van der Waals surface area contributed by atoms with Crippen molar-refractivity contribution < 1.29 is 9.59 Å². The first-order valence-electron chi connectivity index (χ1n) is 8.22. The zero-order chi connectivity index (χ0) is 16.7. The van der Waals surface area contributed by atoms with Gasteiger partial charge in [0.1, 0.15) is 0 Å². The van der Waals surface area contributed by atoms with Crippen molar-refractivity contribution in [3.63, 3.8) is 0 Å². The molecule has 6 nitrogen and oxygen atoms in total. The minimum atomic E-state index is -0.591. The number of hydrogen-bond donors (Lipinski definition) is 3. The predicted octanol–water partition coefficient (Wildman–Crippen LogP) is 2.22. The van der Waals surface area contributed by atoms with Gasteiger partial charge in [-0.25, -0.2) is 4.79 Å². The number of carbonyl (C=O) groups excluding carboxylic acids is 2. The Morgan fingerprint density at radius 3 is 2.67 bits per heavy atom. The number of carbonyl (C=O) groups is 2. The molecule has 1 atom stereocenters. The maximum atomic E-state index is 12.6. The molecule has 5 rings (SSSR count). The van der Waals surface area contributed by atoms with Gasteiger partial charge in [-0.1, -0.05) is 6.07 Å². The lowest BCUT2D eigenvalue weighted by atomic mass is 9.84. The fraction of sp³-hybridized carbons (Fsp3) is 0.412. The maximum Gasteiger partial charge on any atom is 0.316 e. The Bertz CT molecular complexity index is 795. The van der Waals surface area contributed by atoms with Gasteiger partial charge in [0.25, 0.3) is 5.91 Å². The number of anilines is 1. The van der Waals surface area contributed by atoms with Crippen molar-refractivity contribution in [2.75, 3.05) is 25.0 Å². The van der Waals surface area contributed by atoms with E-state index in [1.165, 1.54) is 24.2 Å². The molecule has 2 bridgehead atoms. The first-order valence-corrected chi connectivity index (χ1v) is 9.03. The SMILES string of the molecule is NC(=O)Nc1ccc2cc(C(=O)N[C@H]3CN4CCC3CC4)sc2c1. The number of benzene rings is 1. The molecule has 1 aromatic heterocycles. The molecule has 0 saturated carbocycles. The number of rotatable bonds is 3. The number of fused-ring (bicyclic) bond motifs is 4. The van der Waals surface area contributed by atoms with Crippen molar-refractivity contribution in [3.05, 3.63) is 29.1 Å². The highest BCUT2D eigenvalue weighted by Gasteiger charge is 2.35. The smallest absolute Gasteiger partial charge is 0.316 e. The molecule has 24 heavy (non-hydrogen) atoms. The monoisotopic (exact) mass is 344 g/mol. The van der Waals surface area contributed by atoms with Crippen molar-refractivity contribution in [1.29, 1.82) is 0 Å². The van der Waals surface area contributed by atoms with Crippen LogP contribution in [0, 0.1) is 5.92 Å². The van der Waals surface area contributed by atoms with Gasteiger partial charge in [0.15, 0.2) is 0 Å². The number of hydrogen-bond acceptors (Lipinski definition) is 4. The number of primary amides is 1. The summed E-state index contributed by atoms with van der Waals surface area (Å²) >= 11 is 1.44.